The molecule has 16 amide bonds. The molecule has 21 N–H and O–H groups in total. The predicted octanol–water partition coefficient (Wildman–Crippen LogP) is -7.54. The van der Waals surface area contributed by atoms with Crippen molar-refractivity contribution in [3.05, 3.63) is 65.7 Å². The molecule has 0 saturated carbocycles. The predicted molar refractivity (Wildman–Crippen MR) is 386 cm³/mol. The summed E-state index contributed by atoms with van der Waals surface area (Å²) in [5.41, 5.74) is 17.8. The standard InChI is InChI=1S/C65H89N17O21S4/c1-31-53(91)79-51(32(2)84)62(100)74-39(23-48(67)86)64(102)80-18-6-11-45(80)60(98)72-37(24-50(88)89)55(93)76-41(52(68)90)27-104-106-29-43-59(97)75-40(26-83)56(94)73-38(22-34-14-16-35(85)17-15-34)63(101)82-20-8-13-47(82)65(103)81-19-7-12-46(81)61(99)78-44(30-107-105-28-42(57(95)77-43)70-49(87)25-66)58(96)71-36(54(92)69-31)21-33-9-4-3-5-10-33/h3-5,9-10,14-17,31-32,36-47,51,83-85H,6-8,11-13,18-30,66H2,1-2H3,(H2,67,86)(H2,68,90)(H,69,92)(H,70,87)(H,71,96)(H,72,98)(H,73,94)(H,74,100)(H,75,97)(H,76,93)(H,77,95)(H,78,99)(H,79,91)(H,88,89)/t31-,32+,36-,37-,38-,39-,40-,41-,42+,43-,44-,45-,46-,47-,51-/m0/s1. The fourth-order valence-corrected chi connectivity index (χ4v) is 16.9. The molecule has 0 aliphatic carbocycles. The highest BCUT2D eigenvalue weighted by Gasteiger charge is 2.46. The van der Waals surface area contributed by atoms with Gasteiger partial charge < -0.3 is 111 Å². The minimum atomic E-state index is -1.99. The number of carboxylic acids is 1. The molecule has 0 spiro atoms. The van der Waals surface area contributed by atoms with Crippen LogP contribution in [0.4, 0.5) is 0 Å². The van der Waals surface area contributed by atoms with Gasteiger partial charge in [-0.2, -0.15) is 0 Å². The van der Waals surface area contributed by atoms with Gasteiger partial charge in [-0.15, -0.1) is 0 Å². The Kier molecular flexibility index (Phi) is 32.1. The van der Waals surface area contributed by atoms with E-state index in [1.54, 1.807) is 30.3 Å². The van der Waals surface area contributed by atoms with Crippen molar-refractivity contribution in [2.75, 3.05) is 55.8 Å². The van der Waals surface area contributed by atoms with Crippen LogP contribution in [0.15, 0.2) is 54.6 Å². The normalized spacial score (nSPS) is 28.5. The summed E-state index contributed by atoms with van der Waals surface area (Å²) in [6.07, 6.45) is -3.71. The number of primary amides is 2. The maximum absolute atomic E-state index is 15.0. The molecular formula is C65H89N17O21S4. The number of nitrogens with two attached hydrogens (primary N) is 3. The first-order valence-corrected chi connectivity index (χ1v) is 39.2. The van der Waals surface area contributed by atoms with Crippen molar-refractivity contribution in [1.29, 1.82) is 0 Å². The van der Waals surface area contributed by atoms with Crippen molar-refractivity contribution in [1.82, 2.24) is 73.2 Å². The number of nitrogens with zero attached hydrogens (tertiary/aromatic N) is 3. The second-order valence-electron chi connectivity index (χ2n) is 25.9. The number of carbonyl (C=O) groups is 17. The number of rotatable bonds is 13. The maximum Gasteiger partial charge on any atom is 0.305 e. The van der Waals surface area contributed by atoms with E-state index < -0.39 is 240 Å². The van der Waals surface area contributed by atoms with Crippen molar-refractivity contribution < 1.29 is 102 Å². The zero-order valence-electron chi connectivity index (χ0n) is 58.2. The van der Waals surface area contributed by atoms with Crippen LogP contribution >= 0.6 is 43.2 Å². The average Bonchev–Trinajstić information content (AvgIpc) is 1.68. The first-order chi connectivity index (χ1) is 50.9. The lowest BCUT2D eigenvalue weighted by Gasteiger charge is -2.33. The molecule has 42 heteroatoms. The van der Waals surface area contributed by atoms with Gasteiger partial charge in [0.15, 0.2) is 0 Å². The van der Waals surface area contributed by atoms with Crippen molar-refractivity contribution in [3.63, 3.8) is 0 Å². The van der Waals surface area contributed by atoms with Gasteiger partial charge in [-0.3, -0.25) is 81.5 Å². The number of hydrogen-bond acceptors (Lipinski definition) is 25. The van der Waals surface area contributed by atoms with Crippen LogP contribution in [0.2, 0.25) is 0 Å². The lowest BCUT2D eigenvalue weighted by Crippen LogP contribution is -2.62. The fourth-order valence-electron chi connectivity index (χ4n) is 12.3. The summed E-state index contributed by atoms with van der Waals surface area (Å²) < 4.78 is 0. The smallest absolute Gasteiger partial charge is 0.305 e. The van der Waals surface area contributed by atoms with E-state index in [1.165, 1.54) is 41.0 Å². The van der Waals surface area contributed by atoms with E-state index in [9.17, 15) is 92.3 Å². The molecule has 5 saturated heterocycles. The van der Waals surface area contributed by atoms with Gasteiger partial charge in [-0.25, -0.2) is 0 Å². The molecular weight excluding hydrogens is 1480 g/mol. The molecule has 0 radical (unpaired) electrons. The number of fused-ring (bicyclic) bond motifs is 11. The maximum atomic E-state index is 15.0. The van der Waals surface area contributed by atoms with Gasteiger partial charge in [0.25, 0.3) is 0 Å². The Morgan fingerprint density at radius 3 is 1.56 bits per heavy atom. The third kappa shape index (κ3) is 24.3. The lowest BCUT2D eigenvalue weighted by molar-refractivity contribution is -0.148. The number of phenols is 1. The third-order valence-corrected chi connectivity index (χ3v) is 22.8. The van der Waals surface area contributed by atoms with Crippen LogP contribution in [-0.2, 0) is 94.3 Å². The van der Waals surface area contributed by atoms with E-state index in [4.69, 9.17) is 17.2 Å². The average molecular weight is 1570 g/mol. The summed E-state index contributed by atoms with van der Waals surface area (Å²) in [7, 11) is 3.20. The molecule has 5 aliphatic heterocycles. The SMILES string of the molecule is C[C@@H]1NC(=O)[C@H](Cc2ccccc2)NC(=O)[C@@H]2CSSC[C@@H](NC(=O)CN)C(=O)N[C@@H](CSSC[C@@H](C(N)=O)NC(=O)[C@H](CC(=O)O)NC(=O)[C@@H]3CCCN3C(=O)[C@H](CC(N)=O)NC(=O)[C@H]([C@@H](C)O)NC1=O)C(=O)N[C@@H](CO)C(=O)N[C@@H](Cc1ccc(O)cc1)C(=O)N1CCC[C@H]1C(=O)N1CCC[C@H]1C(=O)N2. The quantitative estimate of drug-likeness (QED) is 0.0829. The number of aliphatic carboxylic acids is 1. The summed E-state index contributed by atoms with van der Waals surface area (Å²) >= 11 is 0. The number of benzene rings is 2. The van der Waals surface area contributed by atoms with Gasteiger partial charge in [0.2, 0.25) is 94.5 Å². The number of nitrogens with one attached hydrogen (secondary N) is 11. The molecule has 15 atom stereocenters. The van der Waals surface area contributed by atoms with E-state index in [-0.39, 0.29) is 76.8 Å². The zero-order chi connectivity index (χ0) is 78.3. The van der Waals surface area contributed by atoms with Crippen LogP contribution < -0.4 is 75.7 Å². The molecule has 107 heavy (non-hydrogen) atoms. The van der Waals surface area contributed by atoms with Gasteiger partial charge in [0.05, 0.1) is 32.1 Å². The van der Waals surface area contributed by atoms with Crippen molar-refractivity contribution in [2.45, 2.75) is 169 Å². The Balaban J connectivity index is 1.32. The number of aliphatic hydroxyl groups is 2. The molecule has 0 unspecified atom stereocenters. The molecule has 5 aliphatic rings. The monoisotopic (exact) mass is 1570 g/mol. The molecule has 5 heterocycles. The fraction of sp³-hybridized carbons (Fsp3) is 0.554. The Bertz CT molecular complexity index is 3650. The summed E-state index contributed by atoms with van der Waals surface area (Å²) in [5.74, 6) is -20.5. The summed E-state index contributed by atoms with van der Waals surface area (Å²) in [6.45, 7) is 0.222. The van der Waals surface area contributed by atoms with Crippen LogP contribution in [0, 0.1) is 0 Å². The molecule has 5 fully saturated rings. The highest BCUT2D eigenvalue weighted by atomic mass is 33.1. The highest BCUT2D eigenvalue weighted by Crippen LogP contribution is 2.30. The van der Waals surface area contributed by atoms with Crippen LogP contribution in [0.25, 0.3) is 0 Å². The van der Waals surface area contributed by atoms with E-state index in [0.29, 0.717) is 11.1 Å². The van der Waals surface area contributed by atoms with Crippen molar-refractivity contribution >= 4 is 144 Å². The van der Waals surface area contributed by atoms with Crippen LogP contribution in [0.3, 0.4) is 0 Å². The molecule has 2 aromatic rings. The molecule has 2 aromatic carbocycles. The van der Waals surface area contributed by atoms with Gasteiger partial charge in [-0.05, 0) is 75.6 Å². The van der Waals surface area contributed by atoms with Gasteiger partial charge in [-0.1, -0.05) is 85.6 Å². The van der Waals surface area contributed by atoms with Gasteiger partial charge in [0, 0.05) is 55.5 Å². The molecule has 584 valence electrons. The second-order valence-corrected chi connectivity index (χ2v) is 31.0. The Morgan fingerprint density at radius 2 is 0.991 bits per heavy atom. The number of hydrogen-bond donors (Lipinski definition) is 18. The van der Waals surface area contributed by atoms with Crippen LogP contribution in [-0.4, -0.2) is 282 Å². The van der Waals surface area contributed by atoms with Crippen LogP contribution in [0.5, 0.6) is 5.75 Å². The molecule has 7 rings (SSSR count). The summed E-state index contributed by atoms with van der Waals surface area (Å²) in [5, 5.41) is 68.7. The van der Waals surface area contributed by atoms with Crippen molar-refractivity contribution in [3.8, 4) is 5.75 Å². The topological polar surface area (TPSA) is 591 Å². The number of phenolic OH excluding ortho intramolecular Hbond substituents is 1. The molecule has 0 aromatic heterocycles. The summed E-state index contributed by atoms with van der Waals surface area (Å²) in [4.78, 5) is 243. The van der Waals surface area contributed by atoms with Gasteiger partial charge in [0.1, 0.15) is 90.3 Å². The minimum Gasteiger partial charge on any atom is -0.508 e. The minimum absolute atomic E-state index is 0.00468. The molecule has 2 bridgehead atoms. The lowest BCUT2D eigenvalue weighted by atomic mass is 10.0. The Labute approximate surface area is 628 Å². The number of amides is 16. The van der Waals surface area contributed by atoms with E-state index in [1.807, 2.05) is 0 Å². The van der Waals surface area contributed by atoms with Gasteiger partial charge >= 0.3 is 5.97 Å². The van der Waals surface area contributed by atoms with E-state index >= 15 is 9.59 Å². The highest BCUT2D eigenvalue weighted by molar-refractivity contribution is 8.77. The largest absolute Gasteiger partial charge is 0.508 e. The van der Waals surface area contributed by atoms with E-state index in [2.05, 4.69) is 58.5 Å². The first-order valence-electron chi connectivity index (χ1n) is 34.2. The third-order valence-electron chi connectivity index (χ3n) is 17.9. The number of aliphatic hydroxyl groups excluding tert-OH is 2. The number of aromatic hydroxyl groups is 1. The summed E-state index contributed by atoms with van der Waals surface area (Å²) in [6, 6.07) is -9.48. The zero-order valence-corrected chi connectivity index (χ0v) is 61.5. The number of carbonyl (C=O) groups excluding carboxylic acids is 16. The molecule has 38 nitrogen and oxygen atoms in total. The second kappa shape index (κ2) is 40.5. The number of carboxylic acid groups (broad SMARTS) is 1. The van der Waals surface area contributed by atoms with Crippen molar-refractivity contribution in [2.24, 2.45) is 17.2 Å². The first kappa shape index (κ1) is 84.8. The Hall–Kier alpha value is -9.49. The Morgan fingerprint density at radius 1 is 0.514 bits per heavy atom. The van der Waals surface area contributed by atoms with Crippen LogP contribution in [0.1, 0.15) is 76.3 Å². The van der Waals surface area contributed by atoms with E-state index in [0.717, 1.165) is 55.0 Å².